The summed E-state index contributed by atoms with van der Waals surface area (Å²) in [5.41, 5.74) is 5.66. The van der Waals surface area contributed by atoms with Crippen molar-refractivity contribution in [2.24, 2.45) is 0 Å². The van der Waals surface area contributed by atoms with Crippen molar-refractivity contribution in [1.29, 1.82) is 0 Å². The quantitative estimate of drug-likeness (QED) is 0.809. The Labute approximate surface area is 107 Å². The van der Waals surface area contributed by atoms with Crippen LogP contribution in [0, 0.1) is 6.08 Å². The van der Waals surface area contributed by atoms with Gasteiger partial charge < -0.3 is 15.6 Å². The number of hydrogen-bond donors (Lipinski definition) is 2. The summed E-state index contributed by atoms with van der Waals surface area (Å²) in [6.45, 7) is 3.37. The smallest absolute Gasteiger partial charge is 0.327 e. The molecule has 2 heterocycles. The van der Waals surface area contributed by atoms with Crippen molar-refractivity contribution < 1.29 is 18.6 Å². The highest BCUT2D eigenvalue weighted by atomic mass is 19.1. The van der Waals surface area contributed by atoms with Gasteiger partial charge in [0.25, 0.3) is 0 Å². The number of halogens is 2. The number of methoxy groups -OCH3 is 1. The number of aromatic nitrogens is 3. The van der Waals surface area contributed by atoms with Gasteiger partial charge in [0.15, 0.2) is 12.0 Å². The highest BCUT2D eigenvalue weighted by Gasteiger charge is 2.27. The summed E-state index contributed by atoms with van der Waals surface area (Å²) in [7, 11) is 1.26. The number of ether oxygens (including phenoxy) is 1. The maximum Gasteiger partial charge on any atom is 0.327 e. The van der Waals surface area contributed by atoms with Crippen molar-refractivity contribution in [3.8, 4) is 0 Å². The van der Waals surface area contributed by atoms with E-state index in [2.05, 4.69) is 21.4 Å². The average Bonchev–Trinajstić information content (AvgIpc) is 2.79. The molecule has 0 bridgehead atoms. The van der Waals surface area contributed by atoms with E-state index in [1.807, 2.05) is 0 Å². The number of aliphatic hydroxyl groups is 1. The minimum Gasteiger partial charge on any atom is -0.499 e. The highest BCUT2D eigenvalue weighted by Crippen LogP contribution is 2.27. The number of nitrogens with zero attached hydrogens (tertiary/aromatic N) is 3. The molecule has 0 amide bonds. The zero-order valence-electron chi connectivity index (χ0n) is 10.0. The molecule has 0 saturated carbocycles. The first-order chi connectivity index (χ1) is 8.95. The van der Waals surface area contributed by atoms with E-state index in [0.29, 0.717) is 0 Å². The number of nitrogens with two attached hydrogens (primary N) is 1. The van der Waals surface area contributed by atoms with E-state index in [1.165, 1.54) is 19.2 Å². The second-order valence-electron chi connectivity index (χ2n) is 3.84. The number of rotatable bonds is 4. The Bertz CT molecular complexity index is 628. The first-order valence-electron chi connectivity index (χ1n) is 5.31. The topological polar surface area (TPSA) is 85.7 Å². The Morgan fingerprint density at radius 3 is 2.89 bits per heavy atom. The zero-order chi connectivity index (χ0) is 14.2. The molecule has 2 rings (SSSR count). The predicted octanol–water partition coefficient (Wildman–Crippen LogP) is 0.982. The number of aliphatic hydroxyl groups excluding tert-OH is 1. The molecule has 0 aliphatic carbocycles. The van der Waals surface area contributed by atoms with Crippen LogP contribution in [0.5, 0.6) is 0 Å². The summed E-state index contributed by atoms with van der Waals surface area (Å²) in [5.74, 6) is -0.268. The molecule has 8 heteroatoms. The van der Waals surface area contributed by atoms with Crippen LogP contribution in [0.25, 0.3) is 5.52 Å². The Balaban J connectivity index is 2.48. The first kappa shape index (κ1) is 13.2. The molecule has 0 radical (unpaired) electrons. The van der Waals surface area contributed by atoms with Crippen molar-refractivity contribution in [2.45, 2.75) is 12.3 Å². The lowest BCUT2D eigenvalue weighted by molar-refractivity contribution is 0.0561. The highest BCUT2D eigenvalue weighted by molar-refractivity contribution is 5.65. The van der Waals surface area contributed by atoms with Crippen molar-refractivity contribution in [2.75, 3.05) is 12.8 Å². The summed E-state index contributed by atoms with van der Waals surface area (Å²) in [5, 5.41) is 13.1. The molecule has 0 fully saturated rings. The lowest BCUT2D eigenvalue weighted by atomic mass is 10.1. The van der Waals surface area contributed by atoms with Crippen LogP contribution in [0.2, 0.25) is 0 Å². The Morgan fingerprint density at radius 1 is 1.58 bits per heavy atom. The number of alkyl halides is 1. The van der Waals surface area contributed by atoms with Gasteiger partial charge in [-0.25, -0.2) is 8.91 Å². The molecule has 0 aliphatic rings. The normalized spacial score (nSPS) is 14.3. The van der Waals surface area contributed by atoms with Crippen LogP contribution in [-0.4, -0.2) is 32.9 Å². The van der Waals surface area contributed by atoms with Gasteiger partial charge in [0.05, 0.1) is 12.8 Å². The van der Waals surface area contributed by atoms with Gasteiger partial charge in [0.2, 0.25) is 0 Å². The molecule has 1 unspecified atom stereocenters. The van der Waals surface area contributed by atoms with Gasteiger partial charge in [-0.2, -0.15) is 9.37 Å². The lowest BCUT2D eigenvalue weighted by Crippen LogP contribution is -2.20. The third-order valence-electron chi connectivity index (χ3n) is 2.69. The number of fused-ring (bicyclic) bond motifs is 1. The van der Waals surface area contributed by atoms with Crippen LogP contribution in [0.15, 0.2) is 24.5 Å². The van der Waals surface area contributed by atoms with Gasteiger partial charge in [-0.3, -0.25) is 0 Å². The van der Waals surface area contributed by atoms with E-state index in [9.17, 15) is 13.9 Å². The maximum absolute atomic E-state index is 14.2. The van der Waals surface area contributed by atoms with E-state index < -0.39 is 18.4 Å². The molecule has 2 aromatic rings. The van der Waals surface area contributed by atoms with E-state index >= 15 is 0 Å². The summed E-state index contributed by atoms with van der Waals surface area (Å²) < 4.78 is 32.9. The summed E-state index contributed by atoms with van der Waals surface area (Å²) in [6.07, 6.45) is -4.57. The fourth-order valence-corrected chi connectivity index (χ4v) is 1.67. The molecule has 2 aromatic heterocycles. The van der Waals surface area contributed by atoms with Crippen molar-refractivity contribution >= 4 is 11.3 Å². The molecule has 3 N–H and O–H groups in total. The van der Waals surface area contributed by atoms with Gasteiger partial charge in [0.1, 0.15) is 17.4 Å². The number of hydrogen-bond acceptors (Lipinski definition) is 5. The number of nitrogen functional groups attached to an aromatic ring is 1. The third kappa shape index (κ3) is 2.22. The first-order valence-corrected chi connectivity index (χ1v) is 5.31. The minimum absolute atomic E-state index is 0.0753. The Hall–Kier alpha value is -2.22. The second kappa shape index (κ2) is 4.81. The Kier molecular flexibility index (Phi) is 3.34. The van der Waals surface area contributed by atoms with Crippen LogP contribution in [-0.2, 0) is 4.74 Å². The summed E-state index contributed by atoms with van der Waals surface area (Å²) in [4.78, 5) is 3.32. The fourth-order valence-electron chi connectivity index (χ4n) is 1.67. The maximum atomic E-state index is 14.2. The molecule has 0 spiro atoms. The minimum atomic E-state index is -1.89. The van der Waals surface area contributed by atoms with Gasteiger partial charge in [-0.15, -0.1) is 5.10 Å². The number of anilines is 1. The molecule has 0 aromatic carbocycles. The summed E-state index contributed by atoms with van der Waals surface area (Å²) in [6, 6.07) is 2.76. The van der Waals surface area contributed by atoms with Crippen LogP contribution in [0.4, 0.5) is 14.6 Å². The molecule has 0 saturated heterocycles. The molecular formula is C11H12F2N4O2. The second-order valence-corrected chi connectivity index (χ2v) is 3.84. The van der Waals surface area contributed by atoms with Gasteiger partial charge in [-0.05, 0) is 12.1 Å². The van der Waals surface area contributed by atoms with Gasteiger partial charge in [0, 0.05) is 0 Å². The van der Waals surface area contributed by atoms with E-state index in [0.717, 1.165) is 4.52 Å². The van der Waals surface area contributed by atoms with Crippen LogP contribution in [0.3, 0.4) is 0 Å². The van der Waals surface area contributed by atoms with Crippen LogP contribution < -0.4 is 5.73 Å². The standard InChI is InChI=1S/C11H12F2N4O2/c1-5(19-2)9(18)8(12)6-3-4-7-10(14)15-11(13)16-17(6)7/h3-4,8-9,18H,1H2,2H3,(H2,14,15,16)/t8-,9?/m0/s1. The average molecular weight is 270 g/mol. The largest absolute Gasteiger partial charge is 0.499 e. The van der Waals surface area contributed by atoms with Gasteiger partial charge >= 0.3 is 6.08 Å². The van der Waals surface area contributed by atoms with E-state index in [4.69, 9.17) is 5.73 Å². The zero-order valence-corrected chi connectivity index (χ0v) is 10.0. The molecule has 0 aliphatic heterocycles. The fraction of sp³-hybridized carbons (Fsp3) is 0.273. The molecule has 19 heavy (non-hydrogen) atoms. The van der Waals surface area contributed by atoms with Crippen molar-refractivity contribution in [3.05, 3.63) is 36.2 Å². The van der Waals surface area contributed by atoms with Gasteiger partial charge in [-0.1, -0.05) is 6.58 Å². The molecule has 6 nitrogen and oxygen atoms in total. The SMILES string of the molecule is C=C(OC)C(O)[C@@H](F)c1ccc2c(N)nc(F)nn12. The van der Waals surface area contributed by atoms with E-state index in [-0.39, 0.29) is 22.8 Å². The molecule has 2 atom stereocenters. The Morgan fingerprint density at radius 2 is 2.26 bits per heavy atom. The summed E-state index contributed by atoms with van der Waals surface area (Å²) >= 11 is 0. The third-order valence-corrected chi connectivity index (χ3v) is 2.69. The monoisotopic (exact) mass is 270 g/mol. The van der Waals surface area contributed by atoms with Crippen molar-refractivity contribution in [1.82, 2.24) is 14.6 Å². The van der Waals surface area contributed by atoms with E-state index in [1.54, 1.807) is 0 Å². The lowest BCUT2D eigenvalue weighted by Gasteiger charge is -2.16. The van der Waals surface area contributed by atoms with Crippen LogP contribution >= 0.6 is 0 Å². The van der Waals surface area contributed by atoms with Crippen LogP contribution in [0.1, 0.15) is 11.9 Å². The molecule has 102 valence electrons. The van der Waals surface area contributed by atoms with Crippen molar-refractivity contribution in [3.63, 3.8) is 0 Å². The molecular weight excluding hydrogens is 258 g/mol. The predicted molar refractivity (Wildman–Crippen MR) is 63.4 cm³/mol.